The fourth-order valence-corrected chi connectivity index (χ4v) is 7.15. The summed E-state index contributed by atoms with van der Waals surface area (Å²) < 4.78 is 0. The van der Waals surface area contributed by atoms with Gasteiger partial charge >= 0.3 is 0 Å². The van der Waals surface area contributed by atoms with E-state index in [1.165, 1.54) is 66.8 Å². The van der Waals surface area contributed by atoms with E-state index in [4.69, 9.17) is 0 Å². The van der Waals surface area contributed by atoms with Gasteiger partial charge in [-0.25, -0.2) is 0 Å². The van der Waals surface area contributed by atoms with Crippen LogP contribution >= 0.6 is 0 Å². The van der Waals surface area contributed by atoms with Crippen LogP contribution in [0, 0.1) is 0 Å². The van der Waals surface area contributed by atoms with Crippen LogP contribution in [-0.4, -0.2) is 0 Å². The Hall–Kier alpha value is -4.68. The standard InChI is InChI=1S/C42H36/c1-3-42(4-2)40-23-21-36(34-19-11-17-32(25-34)30-13-7-5-8-14-30)27-38(40)29-39-28-37(22-24-41(39)42)35-20-12-18-33(26-35)31-15-9-6-10-16-31/h5-28H,3-4,29H2,1-2H3. The monoisotopic (exact) mass is 540 g/mol. The Labute approximate surface area is 250 Å². The van der Waals surface area contributed by atoms with Gasteiger partial charge in [-0.1, -0.05) is 147 Å². The number of fused-ring (bicyclic) bond motifs is 2. The molecule has 0 aromatic heterocycles. The summed E-state index contributed by atoms with van der Waals surface area (Å²) in [5.41, 5.74) is 16.1. The maximum Gasteiger partial charge on any atom is 0.0203 e. The second-order valence-corrected chi connectivity index (χ2v) is 11.6. The summed E-state index contributed by atoms with van der Waals surface area (Å²) in [5, 5.41) is 0. The number of benzene rings is 6. The van der Waals surface area contributed by atoms with Gasteiger partial charge < -0.3 is 0 Å². The fourth-order valence-electron chi connectivity index (χ4n) is 7.15. The molecule has 1 aliphatic carbocycles. The van der Waals surface area contributed by atoms with Gasteiger partial charge in [0.2, 0.25) is 0 Å². The van der Waals surface area contributed by atoms with Crippen LogP contribution in [0.1, 0.15) is 48.9 Å². The van der Waals surface area contributed by atoms with E-state index in [-0.39, 0.29) is 5.41 Å². The first-order valence-corrected chi connectivity index (χ1v) is 15.3. The van der Waals surface area contributed by atoms with E-state index in [9.17, 15) is 0 Å². The van der Waals surface area contributed by atoms with Crippen molar-refractivity contribution < 1.29 is 0 Å². The van der Waals surface area contributed by atoms with Crippen molar-refractivity contribution >= 4 is 0 Å². The minimum atomic E-state index is 0.0394. The highest BCUT2D eigenvalue weighted by Gasteiger charge is 2.37. The fraction of sp³-hybridized carbons (Fsp3) is 0.143. The molecule has 0 amide bonds. The summed E-state index contributed by atoms with van der Waals surface area (Å²) in [4.78, 5) is 0. The zero-order chi connectivity index (χ0) is 28.5. The number of hydrogen-bond acceptors (Lipinski definition) is 0. The zero-order valence-electron chi connectivity index (χ0n) is 24.5. The Balaban J connectivity index is 1.29. The molecule has 0 spiro atoms. The molecule has 204 valence electrons. The van der Waals surface area contributed by atoms with Crippen LogP contribution in [0.2, 0.25) is 0 Å². The highest BCUT2D eigenvalue weighted by atomic mass is 14.4. The molecule has 6 aromatic rings. The van der Waals surface area contributed by atoms with E-state index in [0.29, 0.717) is 0 Å². The molecule has 0 heterocycles. The molecular formula is C42H36. The van der Waals surface area contributed by atoms with E-state index >= 15 is 0 Å². The minimum Gasteiger partial charge on any atom is -0.0642 e. The van der Waals surface area contributed by atoms with Crippen LogP contribution in [-0.2, 0) is 11.8 Å². The molecule has 0 aliphatic heterocycles. The first-order chi connectivity index (χ1) is 20.7. The van der Waals surface area contributed by atoms with Crippen LogP contribution in [0.15, 0.2) is 146 Å². The minimum absolute atomic E-state index is 0.0394. The van der Waals surface area contributed by atoms with Gasteiger partial charge in [-0.2, -0.15) is 0 Å². The SMILES string of the molecule is CCC1(CC)c2ccc(-c3cccc(-c4ccccc4)c3)cc2Cc2cc(-c3cccc(-c4ccccc4)c3)ccc21. The maximum absolute atomic E-state index is 2.46. The van der Waals surface area contributed by atoms with E-state index in [0.717, 1.165) is 19.3 Å². The molecule has 0 saturated carbocycles. The van der Waals surface area contributed by atoms with E-state index < -0.39 is 0 Å². The first kappa shape index (κ1) is 26.2. The highest BCUT2D eigenvalue weighted by molar-refractivity contribution is 5.76. The normalized spacial score (nSPS) is 13.3. The third-order valence-electron chi connectivity index (χ3n) is 9.44. The molecule has 42 heavy (non-hydrogen) atoms. The van der Waals surface area contributed by atoms with E-state index in [1.54, 1.807) is 0 Å². The predicted octanol–water partition coefficient (Wildman–Crippen LogP) is 11.4. The zero-order valence-corrected chi connectivity index (χ0v) is 24.5. The van der Waals surface area contributed by atoms with Gasteiger partial charge in [0, 0.05) is 5.41 Å². The summed E-state index contributed by atoms with van der Waals surface area (Å²) in [7, 11) is 0. The third kappa shape index (κ3) is 4.58. The lowest BCUT2D eigenvalue weighted by atomic mass is 9.63. The van der Waals surface area contributed by atoms with Gasteiger partial charge in [0.15, 0.2) is 0 Å². The Morgan fingerprint density at radius 2 is 0.738 bits per heavy atom. The molecule has 6 aromatic carbocycles. The van der Waals surface area contributed by atoms with Crippen molar-refractivity contribution in [3.8, 4) is 44.5 Å². The highest BCUT2D eigenvalue weighted by Crippen LogP contribution is 2.48. The van der Waals surface area contributed by atoms with Gasteiger partial charge in [-0.15, -0.1) is 0 Å². The van der Waals surface area contributed by atoms with Crippen LogP contribution in [0.4, 0.5) is 0 Å². The molecule has 7 rings (SSSR count). The average molecular weight is 541 g/mol. The quantitative estimate of drug-likeness (QED) is 0.197. The van der Waals surface area contributed by atoms with Crippen LogP contribution in [0.3, 0.4) is 0 Å². The second kappa shape index (κ2) is 11.0. The van der Waals surface area contributed by atoms with Gasteiger partial charge in [0.1, 0.15) is 0 Å². The lowest BCUT2D eigenvalue weighted by molar-refractivity contribution is 0.463. The number of rotatable bonds is 6. The van der Waals surface area contributed by atoms with Crippen molar-refractivity contribution in [2.75, 3.05) is 0 Å². The molecule has 1 aliphatic rings. The van der Waals surface area contributed by atoms with Gasteiger partial charge in [0.05, 0.1) is 0 Å². The molecule has 0 fully saturated rings. The summed E-state index contributed by atoms with van der Waals surface area (Å²) >= 11 is 0. The Morgan fingerprint density at radius 3 is 1.14 bits per heavy atom. The summed E-state index contributed by atoms with van der Waals surface area (Å²) in [6, 6.07) is 53.8. The second-order valence-electron chi connectivity index (χ2n) is 11.6. The smallest absolute Gasteiger partial charge is 0.0203 e. The van der Waals surface area contributed by atoms with Crippen molar-refractivity contribution in [3.05, 3.63) is 168 Å². The molecule has 0 unspecified atom stereocenters. The maximum atomic E-state index is 2.46. The summed E-state index contributed by atoms with van der Waals surface area (Å²) in [5.74, 6) is 0. The molecule has 0 saturated heterocycles. The summed E-state index contributed by atoms with van der Waals surface area (Å²) in [6.45, 7) is 4.72. The molecule has 0 atom stereocenters. The predicted molar refractivity (Wildman–Crippen MR) is 179 cm³/mol. The van der Waals surface area contributed by atoms with Gasteiger partial charge in [-0.3, -0.25) is 0 Å². The molecule has 0 nitrogen and oxygen atoms in total. The largest absolute Gasteiger partial charge is 0.0642 e. The van der Waals surface area contributed by atoms with Gasteiger partial charge in [-0.05, 0) is 98.2 Å². The van der Waals surface area contributed by atoms with Gasteiger partial charge in [0.25, 0.3) is 0 Å². The lowest BCUT2D eigenvalue weighted by Gasteiger charge is -2.40. The molecule has 0 N–H and O–H groups in total. The lowest BCUT2D eigenvalue weighted by Crippen LogP contribution is -2.32. The average Bonchev–Trinajstić information content (AvgIpc) is 3.07. The van der Waals surface area contributed by atoms with E-state index in [1.807, 2.05) is 0 Å². The molecule has 0 radical (unpaired) electrons. The van der Waals surface area contributed by atoms with Crippen LogP contribution < -0.4 is 0 Å². The van der Waals surface area contributed by atoms with E-state index in [2.05, 4.69) is 159 Å². The van der Waals surface area contributed by atoms with Crippen molar-refractivity contribution in [2.45, 2.75) is 38.5 Å². The van der Waals surface area contributed by atoms with Crippen molar-refractivity contribution in [1.82, 2.24) is 0 Å². The summed E-state index contributed by atoms with van der Waals surface area (Å²) in [6.07, 6.45) is 3.15. The van der Waals surface area contributed by atoms with Crippen LogP contribution in [0.25, 0.3) is 44.5 Å². The van der Waals surface area contributed by atoms with Crippen molar-refractivity contribution in [3.63, 3.8) is 0 Å². The number of hydrogen-bond donors (Lipinski definition) is 0. The van der Waals surface area contributed by atoms with Crippen LogP contribution in [0.5, 0.6) is 0 Å². The third-order valence-corrected chi connectivity index (χ3v) is 9.44. The van der Waals surface area contributed by atoms with Crippen molar-refractivity contribution in [1.29, 1.82) is 0 Å². The molecule has 0 bridgehead atoms. The molecular weight excluding hydrogens is 504 g/mol. The Kier molecular flexibility index (Phi) is 6.84. The first-order valence-electron chi connectivity index (χ1n) is 15.3. The van der Waals surface area contributed by atoms with Crippen molar-refractivity contribution in [2.24, 2.45) is 0 Å². The topological polar surface area (TPSA) is 0 Å². The Morgan fingerprint density at radius 1 is 0.381 bits per heavy atom. The Bertz CT molecular complexity index is 1720. The molecule has 0 heteroatoms.